The first-order valence-corrected chi connectivity index (χ1v) is 8.34. The van der Waals surface area contributed by atoms with Gasteiger partial charge in [0.15, 0.2) is 0 Å². The number of aromatic nitrogens is 1. The first-order chi connectivity index (χ1) is 11.2. The topological polar surface area (TPSA) is 45.0 Å². The van der Waals surface area contributed by atoms with Crippen LogP contribution in [-0.2, 0) is 19.4 Å². The van der Waals surface area contributed by atoms with Crippen LogP contribution in [-0.4, -0.2) is 23.0 Å². The zero-order chi connectivity index (χ0) is 15.8. The standard InChI is InChI=1S/C20H23N3/c1-23(13-15-12-22-20-8-3-2-6-18(15)20)16-9-10-17-14(11-16)5-4-7-19(17)21/h2-8,12,16,22H,9-11,13,21H2,1H3. The molecule has 4 rings (SSSR count). The van der Waals surface area contributed by atoms with Gasteiger partial charge in [0.2, 0.25) is 0 Å². The first-order valence-electron chi connectivity index (χ1n) is 8.34. The van der Waals surface area contributed by atoms with Gasteiger partial charge in [-0.3, -0.25) is 4.90 Å². The smallest absolute Gasteiger partial charge is 0.0457 e. The van der Waals surface area contributed by atoms with Crippen LogP contribution in [0.1, 0.15) is 23.1 Å². The van der Waals surface area contributed by atoms with Crippen LogP contribution in [0, 0.1) is 0 Å². The fraction of sp³-hybridized carbons (Fsp3) is 0.300. The Morgan fingerprint density at radius 2 is 2.04 bits per heavy atom. The number of hydrogen-bond donors (Lipinski definition) is 2. The number of anilines is 1. The molecule has 1 unspecified atom stereocenters. The predicted molar refractivity (Wildman–Crippen MR) is 96.4 cm³/mol. The van der Waals surface area contributed by atoms with Crippen molar-refractivity contribution < 1.29 is 0 Å². The van der Waals surface area contributed by atoms with Gasteiger partial charge in [0.1, 0.15) is 0 Å². The summed E-state index contributed by atoms with van der Waals surface area (Å²) < 4.78 is 0. The van der Waals surface area contributed by atoms with Gasteiger partial charge < -0.3 is 10.7 Å². The molecule has 0 amide bonds. The van der Waals surface area contributed by atoms with E-state index in [4.69, 9.17) is 5.73 Å². The van der Waals surface area contributed by atoms with Crippen molar-refractivity contribution in [3.05, 3.63) is 65.4 Å². The van der Waals surface area contributed by atoms with Gasteiger partial charge in [0.05, 0.1) is 0 Å². The van der Waals surface area contributed by atoms with Gasteiger partial charge in [-0.05, 0) is 55.1 Å². The lowest BCUT2D eigenvalue weighted by molar-refractivity contribution is 0.215. The maximum atomic E-state index is 6.12. The summed E-state index contributed by atoms with van der Waals surface area (Å²) in [5.74, 6) is 0. The summed E-state index contributed by atoms with van der Waals surface area (Å²) in [6.45, 7) is 0.979. The number of nitrogens with two attached hydrogens (primary N) is 1. The minimum Gasteiger partial charge on any atom is -0.398 e. The number of para-hydroxylation sites is 1. The normalized spacial score (nSPS) is 17.6. The molecule has 2 aromatic carbocycles. The summed E-state index contributed by atoms with van der Waals surface area (Å²) in [7, 11) is 2.24. The number of nitrogens with zero attached hydrogens (tertiary/aromatic N) is 1. The van der Waals surface area contributed by atoms with Gasteiger partial charge in [-0.25, -0.2) is 0 Å². The third-order valence-electron chi connectivity index (χ3n) is 5.21. The molecule has 0 saturated carbocycles. The number of benzene rings is 2. The quantitative estimate of drug-likeness (QED) is 0.724. The van der Waals surface area contributed by atoms with Crippen molar-refractivity contribution >= 4 is 16.6 Å². The van der Waals surface area contributed by atoms with E-state index < -0.39 is 0 Å². The maximum Gasteiger partial charge on any atom is 0.0457 e. The summed E-state index contributed by atoms with van der Waals surface area (Å²) in [4.78, 5) is 5.86. The second kappa shape index (κ2) is 5.74. The van der Waals surface area contributed by atoms with Crippen molar-refractivity contribution in [2.75, 3.05) is 12.8 Å². The molecular formula is C20H23N3. The van der Waals surface area contributed by atoms with E-state index in [1.54, 1.807) is 0 Å². The Balaban J connectivity index is 1.53. The van der Waals surface area contributed by atoms with Gasteiger partial charge in [-0.2, -0.15) is 0 Å². The van der Waals surface area contributed by atoms with Gasteiger partial charge in [0.25, 0.3) is 0 Å². The Kier molecular flexibility index (Phi) is 3.58. The molecule has 3 heteroatoms. The number of likely N-dealkylation sites (N-methyl/N-ethyl adjacent to an activating group) is 1. The first kappa shape index (κ1) is 14.3. The van der Waals surface area contributed by atoms with Gasteiger partial charge in [0, 0.05) is 35.4 Å². The highest BCUT2D eigenvalue weighted by atomic mass is 15.1. The van der Waals surface area contributed by atoms with E-state index in [0.29, 0.717) is 6.04 Å². The average Bonchev–Trinajstić information content (AvgIpc) is 2.98. The molecule has 0 saturated heterocycles. The molecule has 1 aromatic heterocycles. The summed E-state index contributed by atoms with van der Waals surface area (Å²) in [5.41, 5.74) is 12.5. The van der Waals surface area contributed by atoms with Crippen LogP contribution < -0.4 is 5.73 Å². The number of hydrogen-bond acceptors (Lipinski definition) is 2. The molecule has 3 N–H and O–H groups in total. The highest BCUT2D eigenvalue weighted by Gasteiger charge is 2.23. The number of aromatic amines is 1. The molecule has 1 aliphatic carbocycles. The van der Waals surface area contributed by atoms with E-state index in [-0.39, 0.29) is 0 Å². The molecule has 118 valence electrons. The molecule has 3 nitrogen and oxygen atoms in total. The molecule has 3 aromatic rings. The molecule has 0 radical (unpaired) electrons. The van der Waals surface area contributed by atoms with Crippen LogP contribution in [0.25, 0.3) is 10.9 Å². The fourth-order valence-electron chi connectivity index (χ4n) is 3.85. The van der Waals surface area contributed by atoms with E-state index in [0.717, 1.165) is 25.1 Å². The van der Waals surface area contributed by atoms with E-state index in [9.17, 15) is 0 Å². The monoisotopic (exact) mass is 305 g/mol. The Morgan fingerprint density at radius 1 is 1.17 bits per heavy atom. The van der Waals surface area contributed by atoms with Crippen molar-refractivity contribution in [3.63, 3.8) is 0 Å². The maximum absolute atomic E-state index is 6.12. The number of rotatable bonds is 3. The van der Waals surface area contributed by atoms with Crippen LogP contribution in [0.4, 0.5) is 5.69 Å². The SMILES string of the molecule is CN(Cc1c[nH]c2ccccc12)C1CCc2c(N)cccc2C1. The molecule has 0 spiro atoms. The summed E-state index contributed by atoms with van der Waals surface area (Å²) >= 11 is 0. The molecule has 1 aliphatic rings. The van der Waals surface area contributed by atoms with Gasteiger partial charge >= 0.3 is 0 Å². The molecule has 0 fully saturated rings. The lowest BCUT2D eigenvalue weighted by atomic mass is 9.86. The van der Waals surface area contributed by atoms with E-state index >= 15 is 0 Å². The van der Waals surface area contributed by atoms with E-state index in [1.165, 1.54) is 34.0 Å². The van der Waals surface area contributed by atoms with Crippen LogP contribution >= 0.6 is 0 Å². The number of fused-ring (bicyclic) bond motifs is 2. The molecular weight excluding hydrogens is 282 g/mol. The molecule has 0 bridgehead atoms. The van der Waals surface area contributed by atoms with Crippen LogP contribution in [0.3, 0.4) is 0 Å². The molecule has 1 heterocycles. The zero-order valence-electron chi connectivity index (χ0n) is 13.5. The van der Waals surface area contributed by atoms with Crippen molar-refractivity contribution in [2.24, 2.45) is 0 Å². The van der Waals surface area contributed by atoms with Crippen LogP contribution in [0.2, 0.25) is 0 Å². The second-order valence-corrected chi connectivity index (χ2v) is 6.66. The minimum atomic E-state index is 0.581. The highest BCUT2D eigenvalue weighted by Crippen LogP contribution is 2.29. The Bertz CT molecular complexity index is 834. The zero-order valence-corrected chi connectivity index (χ0v) is 13.5. The summed E-state index contributed by atoms with van der Waals surface area (Å²) in [5, 5.41) is 1.33. The van der Waals surface area contributed by atoms with E-state index in [1.807, 2.05) is 6.07 Å². The fourth-order valence-corrected chi connectivity index (χ4v) is 3.85. The lowest BCUT2D eigenvalue weighted by Crippen LogP contribution is -2.36. The average molecular weight is 305 g/mol. The predicted octanol–water partition coefficient (Wildman–Crippen LogP) is 3.74. The molecule has 0 aliphatic heterocycles. The Morgan fingerprint density at radius 3 is 2.96 bits per heavy atom. The lowest BCUT2D eigenvalue weighted by Gasteiger charge is -2.33. The Labute approximate surface area is 137 Å². The Hall–Kier alpha value is -2.26. The van der Waals surface area contributed by atoms with Crippen LogP contribution in [0.15, 0.2) is 48.7 Å². The number of nitrogens with one attached hydrogen (secondary N) is 1. The largest absolute Gasteiger partial charge is 0.398 e. The molecule has 23 heavy (non-hydrogen) atoms. The molecule has 1 atom stereocenters. The highest BCUT2D eigenvalue weighted by molar-refractivity contribution is 5.82. The summed E-state index contributed by atoms with van der Waals surface area (Å²) in [6.07, 6.45) is 5.51. The van der Waals surface area contributed by atoms with E-state index in [2.05, 4.69) is 59.5 Å². The second-order valence-electron chi connectivity index (χ2n) is 6.66. The van der Waals surface area contributed by atoms with Crippen molar-refractivity contribution in [1.29, 1.82) is 0 Å². The third-order valence-corrected chi connectivity index (χ3v) is 5.21. The van der Waals surface area contributed by atoms with Crippen molar-refractivity contribution in [2.45, 2.75) is 31.8 Å². The van der Waals surface area contributed by atoms with Crippen LogP contribution in [0.5, 0.6) is 0 Å². The van der Waals surface area contributed by atoms with Gasteiger partial charge in [-0.1, -0.05) is 30.3 Å². The minimum absolute atomic E-state index is 0.581. The van der Waals surface area contributed by atoms with Crippen molar-refractivity contribution in [3.8, 4) is 0 Å². The summed E-state index contributed by atoms with van der Waals surface area (Å²) in [6, 6.07) is 15.4. The van der Waals surface area contributed by atoms with Crippen molar-refractivity contribution in [1.82, 2.24) is 9.88 Å². The number of nitrogen functional groups attached to an aromatic ring is 1. The number of H-pyrrole nitrogens is 1. The third kappa shape index (κ3) is 2.62. The van der Waals surface area contributed by atoms with Gasteiger partial charge in [-0.15, -0.1) is 0 Å².